The molecule has 0 saturated heterocycles. The van der Waals surface area contributed by atoms with Gasteiger partial charge in [0.05, 0.1) is 17.9 Å². The highest BCUT2D eigenvalue weighted by molar-refractivity contribution is 7.51. The Labute approximate surface area is 94.3 Å². The predicted molar refractivity (Wildman–Crippen MR) is 58.1 cm³/mol. The summed E-state index contributed by atoms with van der Waals surface area (Å²) in [4.78, 5) is 47.5. The largest absolute Gasteiger partial charge is 0.395 e. The van der Waals surface area contributed by atoms with Gasteiger partial charge in [0.15, 0.2) is 0 Å². The van der Waals surface area contributed by atoms with Crippen LogP contribution in [0.1, 0.15) is 5.56 Å². The van der Waals surface area contributed by atoms with Gasteiger partial charge in [0.25, 0.3) is 5.56 Å². The van der Waals surface area contributed by atoms with Crippen LogP contribution in [0.5, 0.6) is 0 Å². The summed E-state index contributed by atoms with van der Waals surface area (Å²) >= 11 is 0. The lowest BCUT2D eigenvalue weighted by Gasteiger charge is -2.01. The molecule has 4 N–H and O–H groups in total. The molecule has 0 aliphatic rings. The topological polar surface area (TPSA) is 145 Å². The SMILES string of the molecule is O=c1[nH]cc(/C=N\OCCP(=O)(O)O)c(=O)[nH]1. The number of hydrogen-bond acceptors (Lipinski definition) is 5. The van der Waals surface area contributed by atoms with E-state index in [9.17, 15) is 14.2 Å². The Morgan fingerprint density at radius 1 is 1.47 bits per heavy atom. The van der Waals surface area contributed by atoms with Crippen molar-refractivity contribution in [3.8, 4) is 0 Å². The van der Waals surface area contributed by atoms with Crippen molar-refractivity contribution in [2.24, 2.45) is 5.16 Å². The molecule has 0 atom stereocenters. The second-order valence-electron chi connectivity index (χ2n) is 2.98. The molecule has 0 fully saturated rings. The summed E-state index contributed by atoms with van der Waals surface area (Å²) in [7, 11) is -4.11. The van der Waals surface area contributed by atoms with E-state index in [0.717, 1.165) is 12.4 Å². The zero-order valence-corrected chi connectivity index (χ0v) is 9.39. The van der Waals surface area contributed by atoms with Gasteiger partial charge >= 0.3 is 13.3 Å². The predicted octanol–water partition coefficient (Wildman–Crippen LogP) is -1.41. The van der Waals surface area contributed by atoms with Crippen molar-refractivity contribution < 1.29 is 19.2 Å². The van der Waals surface area contributed by atoms with E-state index in [4.69, 9.17) is 9.79 Å². The molecule has 0 aliphatic heterocycles. The average molecular weight is 263 g/mol. The third-order valence-electron chi connectivity index (χ3n) is 1.59. The summed E-state index contributed by atoms with van der Waals surface area (Å²) in [5, 5.41) is 3.32. The van der Waals surface area contributed by atoms with Crippen molar-refractivity contribution in [3.05, 3.63) is 32.6 Å². The number of nitrogens with zero attached hydrogens (tertiary/aromatic N) is 1. The van der Waals surface area contributed by atoms with Gasteiger partial charge < -0.3 is 19.6 Å². The molecule has 9 nitrogen and oxygen atoms in total. The molecule has 94 valence electrons. The fourth-order valence-electron chi connectivity index (χ4n) is 0.823. The van der Waals surface area contributed by atoms with Crippen LogP contribution >= 0.6 is 7.60 Å². The molecule has 1 rings (SSSR count). The van der Waals surface area contributed by atoms with E-state index < -0.39 is 25.0 Å². The van der Waals surface area contributed by atoms with Gasteiger partial charge in [-0.1, -0.05) is 5.16 Å². The molecule has 10 heteroatoms. The van der Waals surface area contributed by atoms with E-state index in [2.05, 4.69) is 15.0 Å². The molecule has 0 spiro atoms. The highest BCUT2D eigenvalue weighted by Crippen LogP contribution is 2.33. The first-order valence-corrected chi connectivity index (χ1v) is 6.20. The number of rotatable bonds is 5. The van der Waals surface area contributed by atoms with Gasteiger partial charge in [-0.3, -0.25) is 14.3 Å². The number of aromatic amines is 2. The van der Waals surface area contributed by atoms with Crippen LogP contribution in [0.4, 0.5) is 0 Å². The third kappa shape index (κ3) is 5.25. The lowest BCUT2D eigenvalue weighted by Crippen LogP contribution is -2.24. The first-order chi connectivity index (χ1) is 7.88. The molecule has 0 amide bonds. The fourth-order valence-corrected chi connectivity index (χ4v) is 1.14. The van der Waals surface area contributed by atoms with Crippen LogP contribution in [0.25, 0.3) is 0 Å². The molecule has 1 heterocycles. The number of aromatic nitrogens is 2. The summed E-state index contributed by atoms with van der Waals surface area (Å²) in [5.74, 6) is 0. The third-order valence-corrected chi connectivity index (χ3v) is 2.35. The molecule has 0 aromatic carbocycles. The van der Waals surface area contributed by atoms with Crippen molar-refractivity contribution in [2.45, 2.75) is 0 Å². The van der Waals surface area contributed by atoms with Crippen LogP contribution < -0.4 is 11.2 Å². The Kier molecular flexibility index (Phi) is 4.38. The minimum absolute atomic E-state index is 0.0563. The minimum Gasteiger partial charge on any atom is -0.395 e. The monoisotopic (exact) mass is 263 g/mol. The van der Waals surface area contributed by atoms with E-state index in [-0.39, 0.29) is 12.2 Å². The van der Waals surface area contributed by atoms with E-state index in [1.54, 1.807) is 0 Å². The van der Waals surface area contributed by atoms with Gasteiger partial charge in [-0.25, -0.2) is 4.79 Å². The lowest BCUT2D eigenvalue weighted by atomic mass is 10.4. The van der Waals surface area contributed by atoms with E-state index in [1.165, 1.54) is 0 Å². The summed E-state index contributed by atoms with van der Waals surface area (Å²) in [6.45, 7) is -0.276. The average Bonchev–Trinajstić information content (AvgIpc) is 2.18. The zero-order valence-electron chi connectivity index (χ0n) is 8.49. The molecule has 0 radical (unpaired) electrons. The standard InChI is InChI=1S/C7H10N3O6P/c11-6-5(3-8-7(12)10-6)4-9-16-1-2-17(13,14)15/h3-4H,1-2H2,(H2,13,14,15)(H2,8,10,11,12)/b9-4-. The van der Waals surface area contributed by atoms with Crippen molar-refractivity contribution in [3.63, 3.8) is 0 Å². The van der Waals surface area contributed by atoms with Crippen molar-refractivity contribution in [1.82, 2.24) is 9.97 Å². The summed E-state index contributed by atoms with van der Waals surface area (Å²) in [5.41, 5.74) is -1.23. The maximum absolute atomic E-state index is 11.1. The molecule has 0 unspecified atom stereocenters. The minimum atomic E-state index is -4.11. The zero-order chi connectivity index (χ0) is 12.9. The van der Waals surface area contributed by atoms with Gasteiger partial charge in [0.2, 0.25) is 0 Å². The van der Waals surface area contributed by atoms with Crippen LogP contribution in [-0.2, 0) is 9.40 Å². The molecular weight excluding hydrogens is 253 g/mol. The highest BCUT2D eigenvalue weighted by Gasteiger charge is 2.11. The van der Waals surface area contributed by atoms with Gasteiger partial charge in [-0.05, 0) is 0 Å². The van der Waals surface area contributed by atoms with E-state index in [1.807, 2.05) is 4.98 Å². The summed E-state index contributed by atoms with van der Waals surface area (Å²) in [6, 6.07) is 0. The normalized spacial score (nSPS) is 11.9. The van der Waals surface area contributed by atoms with Crippen LogP contribution in [0.15, 0.2) is 20.9 Å². The fraction of sp³-hybridized carbons (Fsp3) is 0.286. The second kappa shape index (κ2) is 5.58. The highest BCUT2D eigenvalue weighted by atomic mass is 31.2. The number of hydrogen-bond donors (Lipinski definition) is 4. The molecule has 17 heavy (non-hydrogen) atoms. The van der Waals surface area contributed by atoms with E-state index in [0.29, 0.717) is 0 Å². The van der Waals surface area contributed by atoms with Crippen LogP contribution in [-0.4, -0.2) is 38.7 Å². The molecule has 0 aliphatic carbocycles. The van der Waals surface area contributed by atoms with Crippen LogP contribution in [0.3, 0.4) is 0 Å². The Balaban J connectivity index is 2.52. The lowest BCUT2D eigenvalue weighted by molar-refractivity contribution is 0.158. The Morgan fingerprint density at radius 2 is 2.18 bits per heavy atom. The Hall–Kier alpha value is -1.70. The first kappa shape index (κ1) is 13.4. The van der Waals surface area contributed by atoms with Crippen LogP contribution in [0, 0.1) is 0 Å². The summed E-state index contributed by atoms with van der Waals surface area (Å²) < 4.78 is 10.4. The molecule has 0 saturated carbocycles. The molecule has 1 aromatic heterocycles. The van der Waals surface area contributed by atoms with Crippen molar-refractivity contribution in [2.75, 3.05) is 12.8 Å². The maximum atomic E-state index is 11.1. The van der Waals surface area contributed by atoms with Gasteiger partial charge in [-0.15, -0.1) is 0 Å². The smallest absolute Gasteiger partial charge is 0.329 e. The summed E-state index contributed by atoms with van der Waals surface area (Å²) in [6.07, 6.45) is 1.69. The number of nitrogens with one attached hydrogen (secondary N) is 2. The van der Waals surface area contributed by atoms with E-state index >= 15 is 0 Å². The maximum Gasteiger partial charge on any atom is 0.329 e. The van der Waals surface area contributed by atoms with Gasteiger partial charge in [-0.2, -0.15) is 0 Å². The van der Waals surface area contributed by atoms with Crippen molar-refractivity contribution in [1.29, 1.82) is 0 Å². The number of oxime groups is 1. The Bertz CT molecular complexity index is 555. The molecular formula is C7H10N3O6P. The second-order valence-corrected chi connectivity index (χ2v) is 4.76. The Morgan fingerprint density at radius 3 is 2.76 bits per heavy atom. The molecule has 0 bridgehead atoms. The number of H-pyrrole nitrogens is 2. The first-order valence-electron chi connectivity index (χ1n) is 4.40. The van der Waals surface area contributed by atoms with Gasteiger partial charge in [0, 0.05) is 6.20 Å². The van der Waals surface area contributed by atoms with Gasteiger partial charge in [0.1, 0.15) is 6.61 Å². The van der Waals surface area contributed by atoms with Crippen molar-refractivity contribution >= 4 is 13.8 Å². The van der Waals surface area contributed by atoms with Crippen LogP contribution in [0.2, 0.25) is 0 Å². The molecule has 1 aromatic rings. The quantitative estimate of drug-likeness (QED) is 0.222.